The molecule has 0 aliphatic heterocycles. The Morgan fingerprint density at radius 3 is 2.54 bits per heavy atom. The van der Waals surface area contributed by atoms with Crippen LogP contribution in [0.1, 0.15) is 26.3 Å². The topological polar surface area (TPSA) is 70.4 Å². The molecule has 6 heteroatoms. The molecule has 1 aromatic heterocycles. The van der Waals surface area contributed by atoms with Gasteiger partial charge in [-0.05, 0) is 51.0 Å². The van der Waals surface area contributed by atoms with Crippen LogP contribution >= 0.6 is 0 Å². The summed E-state index contributed by atoms with van der Waals surface area (Å²) in [5.74, 6) is 0. The zero-order valence-electron chi connectivity index (χ0n) is 14.5. The molecule has 0 aliphatic rings. The summed E-state index contributed by atoms with van der Waals surface area (Å²) in [7, 11) is 0. The van der Waals surface area contributed by atoms with Crippen LogP contribution in [0, 0.1) is 0 Å². The smallest absolute Gasteiger partial charge is 0.317 e. The Bertz CT molecular complexity index is 621. The van der Waals surface area contributed by atoms with Crippen molar-refractivity contribution in [2.24, 2.45) is 0 Å². The minimum atomic E-state index is -0.534. The molecule has 2 N–H and O–H groups in total. The van der Waals surface area contributed by atoms with E-state index < -0.39 is 6.10 Å². The number of amides is 2. The highest BCUT2D eigenvalue weighted by molar-refractivity contribution is 5.74. The fourth-order valence-electron chi connectivity index (χ4n) is 2.47. The molecule has 0 saturated carbocycles. The van der Waals surface area contributed by atoms with Crippen molar-refractivity contribution in [2.45, 2.75) is 39.3 Å². The van der Waals surface area contributed by atoms with Gasteiger partial charge in [0.25, 0.3) is 0 Å². The number of aliphatic hydroxyl groups excluding tert-OH is 1. The summed E-state index contributed by atoms with van der Waals surface area (Å²) in [5, 5.41) is 16.6. The van der Waals surface area contributed by atoms with E-state index in [2.05, 4.69) is 10.4 Å². The van der Waals surface area contributed by atoms with Crippen molar-refractivity contribution >= 4 is 6.03 Å². The predicted molar refractivity (Wildman–Crippen MR) is 94.2 cm³/mol. The summed E-state index contributed by atoms with van der Waals surface area (Å²) in [6.45, 7) is 6.46. The van der Waals surface area contributed by atoms with E-state index in [1.54, 1.807) is 18.0 Å². The second kappa shape index (κ2) is 8.49. The zero-order chi connectivity index (χ0) is 17.5. The van der Waals surface area contributed by atoms with Gasteiger partial charge >= 0.3 is 6.03 Å². The molecule has 0 fully saturated rings. The molecule has 2 rings (SSSR count). The van der Waals surface area contributed by atoms with Gasteiger partial charge in [-0.2, -0.15) is 5.10 Å². The fourth-order valence-corrected chi connectivity index (χ4v) is 2.47. The van der Waals surface area contributed by atoms with E-state index in [0.717, 1.165) is 17.7 Å². The molecule has 1 aromatic carbocycles. The molecular weight excluding hydrogens is 304 g/mol. The number of nitrogens with one attached hydrogen (secondary N) is 1. The van der Waals surface area contributed by atoms with Gasteiger partial charge in [0, 0.05) is 31.5 Å². The molecule has 1 heterocycles. The van der Waals surface area contributed by atoms with E-state index in [4.69, 9.17) is 0 Å². The molecule has 1 unspecified atom stereocenters. The van der Waals surface area contributed by atoms with Gasteiger partial charge in [0.2, 0.25) is 0 Å². The predicted octanol–water partition coefficient (Wildman–Crippen LogP) is 2.22. The number of carbonyl (C=O) groups is 1. The summed E-state index contributed by atoms with van der Waals surface area (Å²) in [6, 6.07) is 9.90. The molecule has 0 radical (unpaired) electrons. The van der Waals surface area contributed by atoms with Crippen molar-refractivity contribution in [2.75, 3.05) is 13.1 Å². The van der Waals surface area contributed by atoms with E-state index in [-0.39, 0.29) is 12.1 Å². The van der Waals surface area contributed by atoms with Gasteiger partial charge in [-0.1, -0.05) is 12.1 Å². The SMILES string of the molecule is CC(O)CN(C(=O)NCCc1ccc(-n2cccn2)cc1)C(C)C. The van der Waals surface area contributed by atoms with Gasteiger partial charge in [0.15, 0.2) is 0 Å². The highest BCUT2D eigenvalue weighted by Crippen LogP contribution is 2.09. The lowest BCUT2D eigenvalue weighted by Crippen LogP contribution is -2.47. The number of aliphatic hydroxyl groups is 1. The van der Waals surface area contributed by atoms with Gasteiger partial charge in [0.1, 0.15) is 0 Å². The fraction of sp³-hybridized carbons (Fsp3) is 0.444. The number of carbonyl (C=O) groups excluding carboxylic acids is 1. The van der Waals surface area contributed by atoms with Crippen molar-refractivity contribution in [3.05, 3.63) is 48.3 Å². The summed E-state index contributed by atoms with van der Waals surface area (Å²) < 4.78 is 1.81. The first kappa shape index (κ1) is 18.0. The molecule has 0 saturated heterocycles. The number of rotatable bonds is 7. The molecule has 1 atom stereocenters. The Morgan fingerprint density at radius 1 is 1.29 bits per heavy atom. The second-order valence-electron chi connectivity index (χ2n) is 6.19. The van der Waals surface area contributed by atoms with E-state index in [0.29, 0.717) is 13.1 Å². The van der Waals surface area contributed by atoms with Gasteiger partial charge in [-0.25, -0.2) is 9.48 Å². The summed E-state index contributed by atoms with van der Waals surface area (Å²) >= 11 is 0. The quantitative estimate of drug-likeness (QED) is 0.818. The molecule has 0 spiro atoms. The van der Waals surface area contributed by atoms with Crippen molar-refractivity contribution < 1.29 is 9.90 Å². The molecule has 130 valence electrons. The van der Waals surface area contributed by atoms with E-state index >= 15 is 0 Å². The van der Waals surface area contributed by atoms with Gasteiger partial charge in [-0.15, -0.1) is 0 Å². The molecule has 0 aliphatic carbocycles. The Hall–Kier alpha value is -2.34. The van der Waals surface area contributed by atoms with Crippen LogP contribution in [0.3, 0.4) is 0 Å². The van der Waals surface area contributed by atoms with E-state index in [1.165, 1.54) is 0 Å². The maximum atomic E-state index is 12.2. The van der Waals surface area contributed by atoms with Gasteiger partial charge in [0.05, 0.1) is 11.8 Å². The summed E-state index contributed by atoms with van der Waals surface area (Å²) in [4.78, 5) is 13.9. The normalized spacial score (nSPS) is 12.2. The van der Waals surface area contributed by atoms with Gasteiger partial charge < -0.3 is 15.3 Å². The van der Waals surface area contributed by atoms with Crippen LogP contribution in [0.4, 0.5) is 4.79 Å². The summed E-state index contributed by atoms with van der Waals surface area (Å²) in [6.07, 6.45) is 3.87. The van der Waals surface area contributed by atoms with Crippen LogP contribution in [0.25, 0.3) is 5.69 Å². The minimum absolute atomic E-state index is 0.0490. The molecule has 0 bridgehead atoms. The lowest BCUT2D eigenvalue weighted by Gasteiger charge is -2.28. The summed E-state index contributed by atoms with van der Waals surface area (Å²) in [5.41, 5.74) is 2.16. The zero-order valence-corrected chi connectivity index (χ0v) is 14.5. The van der Waals surface area contributed by atoms with Crippen LogP contribution < -0.4 is 5.32 Å². The monoisotopic (exact) mass is 330 g/mol. The van der Waals surface area contributed by atoms with Crippen LogP contribution in [0.2, 0.25) is 0 Å². The number of hydrogen-bond acceptors (Lipinski definition) is 3. The van der Waals surface area contributed by atoms with Crippen molar-refractivity contribution in [1.82, 2.24) is 20.0 Å². The Balaban J connectivity index is 1.83. The standard InChI is InChI=1S/C18H26N4O2/c1-14(2)21(13-15(3)23)18(24)19-11-9-16-5-7-17(8-6-16)22-12-4-10-20-22/h4-8,10,12,14-15,23H,9,11,13H2,1-3H3,(H,19,24). The van der Waals surface area contributed by atoms with E-state index in [9.17, 15) is 9.90 Å². The Kier molecular flexibility index (Phi) is 6.37. The lowest BCUT2D eigenvalue weighted by atomic mass is 10.1. The average molecular weight is 330 g/mol. The largest absolute Gasteiger partial charge is 0.392 e. The van der Waals surface area contributed by atoms with Crippen LogP contribution in [0.15, 0.2) is 42.7 Å². The number of nitrogens with zero attached hydrogens (tertiary/aromatic N) is 3. The third kappa shape index (κ3) is 5.09. The first-order valence-electron chi connectivity index (χ1n) is 8.29. The van der Waals surface area contributed by atoms with Gasteiger partial charge in [-0.3, -0.25) is 0 Å². The maximum Gasteiger partial charge on any atom is 0.317 e. The maximum absolute atomic E-state index is 12.2. The third-order valence-corrected chi connectivity index (χ3v) is 3.74. The van der Waals surface area contributed by atoms with Crippen LogP contribution in [-0.2, 0) is 6.42 Å². The van der Waals surface area contributed by atoms with E-state index in [1.807, 2.05) is 55.1 Å². The Morgan fingerprint density at radius 2 is 2.00 bits per heavy atom. The molecular formula is C18H26N4O2. The molecule has 6 nitrogen and oxygen atoms in total. The van der Waals surface area contributed by atoms with Crippen LogP contribution in [0.5, 0.6) is 0 Å². The first-order valence-corrected chi connectivity index (χ1v) is 8.29. The number of hydrogen-bond donors (Lipinski definition) is 2. The highest BCUT2D eigenvalue weighted by atomic mass is 16.3. The van der Waals surface area contributed by atoms with Crippen LogP contribution in [-0.4, -0.2) is 51.1 Å². The number of urea groups is 1. The molecule has 2 aromatic rings. The number of benzene rings is 1. The molecule has 24 heavy (non-hydrogen) atoms. The second-order valence-corrected chi connectivity index (χ2v) is 6.19. The number of aromatic nitrogens is 2. The minimum Gasteiger partial charge on any atom is -0.392 e. The Labute approximate surface area is 143 Å². The molecule has 2 amide bonds. The van der Waals surface area contributed by atoms with Crippen molar-refractivity contribution in [3.63, 3.8) is 0 Å². The first-order chi connectivity index (χ1) is 11.5. The lowest BCUT2D eigenvalue weighted by molar-refractivity contribution is 0.119. The van der Waals surface area contributed by atoms with Crippen molar-refractivity contribution in [1.29, 1.82) is 0 Å². The average Bonchev–Trinajstić information content (AvgIpc) is 3.07. The van der Waals surface area contributed by atoms with Crippen molar-refractivity contribution in [3.8, 4) is 5.69 Å². The highest BCUT2D eigenvalue weighted by Gasteiger charge is 2.17. The third-order valence-electron chi connectivity index (χ3n) is 3.74.